The zero-order valence-electron chi connectivity index (χ0n) is 24.6. The smallest absolute Gasteiger partial charge is 0.246 e. The first-order valence-electron chi connectivity index (χ1n) is 14.4. The third-order valence-corrected chi connectivity index (χ3v) is 9.03. The molecular formula is C31H38Cl2N6O3. The molecule has 0 spiro atoms. The number of ether oxygens (including phenoxy) is 1. The van der Waals surface area contributed by atoms with Gasteiger partial charge in [0.15, 0.2) is 0 Å². The first-order valence-corrected chi connectivity index (χ1v) is 15.2. The van der Waals surface area contributed by atoms with Gasteiger partial charge in [0.05, 0.1) is 24.4 Å². The lowest BCUT2D eigenvalue weighted by molar-refractivity contribution is -0.142. The molecule has 1 aromatic heterocycles. The van der Waals surface area contributed by atoms with E-state index < -0.39 is 5.41 Å². The number of hydrogen-bond donors (Lipinski definition) is 1. The van der Waals surface area contributed by atoms with Gasteiger partial charge in [0.1, 0.15) is 12.3 Å². The second kappa shape index (κ2) is 12.6. The summed E-state index contributed by atoms with van der Waals surface area (Å²) in [5.41, 5.74) is 2.93. The van der Waals surface area contributed by atoms with E-state index in [0.29, 0.717) is 35.4 Å². The zero-order valence-corrected chi connectivity index (χ0v) is 26.1. The van der Waals surface area contributed by atoms with Gasteiger partial charge in [-0.1, -0.05) is 53.4 Å². The van der Waals surface area contributed by atoms with Crippen molar-refractivity contribution in [3.05, 3.63) is 69.5 Å². The molecule has 42 heavy (non-hydrogen) atoms. The summed E-state index contributed by atoms with van der Waals surface area (Å²) in [6.07, 6.45) is 5.62. The second-order valence-electron chi connectivity index (χ2n) is 11.7. The number of piperazine rings is 1. The van der Waals surface area contributed by atoms with Crippen molar-refractivity contribution >= 4 is 40.7 Å². The quantitative estimate of drug-likeness (QED) is 0.362. The number of amides is 2. The molecule has 2 aromatic carbocycles. The Morgan fingerprint density at radius 3 is 2.36 bits per heavy atom. The standard InChI is InChI=1S/C31H38Cl2N6O3/c1-20-7-8-23(11-28(20)42-4)31(9-5-6-10-31)30(41)37-15-21(2)39(22(3)16-37)18-27-17-38(36-35-27)19-29(40)34-26-13-24(32)12-25(33)14-26/h7-8,11-14,17,21-22H,5-6,9-10,15-16,18-19H2,1-4H3,(H,34,40)/t21-,22+. The van der Waals surface area contributed by atoms with Crippen LogP contribution >= 0.6 is 23.2 Å². The molecule has 11 heteroatoms. The number of anilines is 1. The van der Waals surface area contributed by atoms with Gasteiger partial charge in [-0.2, -0.15) is 0 Å². The van der Waals surface area contributed by atoms with Crippen LogP contribution in [0.25, 0.3) is 0 Å². The normalized spacial score (nSPS) is 20.5. The van der Waals surface area contributed by atoms with Crippen molar-refractivity contribution < 1.29 is 14.3 Å². The highest BCUT2D eigenvalue weighted by molar-refractivity contribution is 6.35. The zero-order chi connectivity index (χ0) is 30.0. The molecular weight excluding hydrogens is 575 g/mol. The molecule has 1 N–H and O–H groups in total. The van der Waals surface area contributed by atoms with Crippen LogP contribution < -0.4 is 10.1 Å². The molecule has 224 valence electrons. The van der Waals surface area contributed by atoms with E-state index in [2.05, 4.69) is 57.5 Å². The SMILES string of the molecule is COc1cc(C2(C(=O)N3C[C@@H](C)N(Cc4cn(CC(=O)Nc5cc(Cl)cc(Cl)c5)nn4)[C@@H](C)C3)CCCC2)ccc1C. The summed E-state index contributed by atoms with van der Waals surface area (Å²) >= 11 is 12.1. The molecule has 1 saturated carbocycles. The first kappa shape index (κ1) is 30.3. The van der Waals surface area contributed by atoms with Gasteiger partial charge in [-0.3, -0.25) is 14.5 Å². The Hall–Kier alpha value is -3.14. The van der Waals surface area contributed by atoms with Crippen LogP contribution in [-0.4, -0.2) is 68.9 Å². The van der Waals surface area contributed by atoms with Crippen molar-refractivity contribution in [3.63, 3.8) is 0 Å². The van der Waals surface area contributed by atoms with Gasteiger partial charge in [-0.15, -0.1) is 5.10 Å². The molecule has 0 bridgehead atoms. The number of rotatable bonds is 8. The van der Waals surface area contributed by atoms with Gasteiger partial charge in [0.2, 0.25) is 11.8 Å². The minimum atomic E-state index is -0.498. The summed E-state index contributed by atoms with van der Waals surface area (Å²) in [6, 6.07) is 11.4. The molecule has 2 atom stereocenters. The summed E-state index contributed by atoms with van der Waals surface area (Å²) in [5, 5.41) is 12.2. The number of methoxy groups -OCH3 is 1. The third-order valence-electron chi connectivity index (χ3n) is 8.60. The molecule has 1 aliphatic carbocycles. The highest BCUT2D eigenvalue weighted by Crippen LogP contribution is 2.44. The highest BCUT2D eigenvalue weighted by atomic mass is 35.5. The molecule has 5 rings (SSSR count). The van der Waals surface area contributed by atoms with Crippen LogP contribution in [0.4, 0.5) is 5.69 Å². The number of halogens is 2. The van der Waals surface area contributed by atoms with Gasteiger partial charge in [0, 0.05) is 47.5 Å². The monoisotopic (exact) mass is 612 g/mol. The largest absolute Gasteiger partial charge is 0.496 e. The van der Waals surface area contributed by atoms with Crippen molar-refractivity contribution in [3.8, 4) is 5.75 Å². The molecule has 2 fully saturated rings. The predicted molar refractivity (Wildman–Crippen MR) is 164 cm³/mol. The fraction of sp³-hybridized carbons (Fsp3) is 0.484. The average Bonchev–Trinajstić information content (AvgIpc) is 3.60. The molecule has 9 nitrogen and oxygen atoms in total. The molecule has 2 aliphatic rings. The maximum absolute atomic E-state index is 14.2. The first-order chi connectivity index (χ1) is 20.1. The molecule has 2 amide bonds. The number of aryl methyl sites for hydroxylation is 1. The maximum Gasteiger partial charge on any atom is 0.246 e. The van der Waals surface area contributed by atoms with Crippen molar-refractivity contribution in [1.29, 1.82) is 0 Å². The van der Waals surface area contributed by atoms with E-state index in [1.165, 1.54) is 4.68 Å². The third kappa shape index (κ3) is 6.43. The number of nitrogens with zero attached hydrogens (tertiary/aromatic N) is 5. The fourth-order valence-corrected chi connectivity index (χ4v) is 7.03. The number of carbonyl (C=O) groups excluding carboxylic acids is 2. The Bertz CT molecular complexity index is 1420. The molecule has 3 aromatic rings. The molecule has 1 saturated heterocycles. The minimum Gasteiger partial charge on any atom is -0.496 e. The summed E-state index contributed by atoms with van der Waals surface area (Å²) in [4.78, 5) is 31.2. The van der Waals surface area contributed by atoms with E-state index >= 15 is 0 Å². The topological polar surface area (TPSA) is 92.6 Å². The van der Waals surface area contributed by atoms with Gasteiger partial charge >= 0.3 is 0 Å². The molecule has 1 aliphatic heterocycles. The maximum atomic E-state index is 14.2. The van der Waals surface area contributed by atoms with Crippen LogP contribution in [0.3, 0.4) is 0 Å². The Balaban J connectivity index is 1.22. The van der Waals surface area contributed by atoms with Gasteiger partial charge < -0.3 is 15.0 Å². The Labute approximate surface area is 257 Å². The van der Waals surface area contributed by atoms with E-state index in [1.54, 1.807) is 31.5 Å². The summed E-state index contributed by atoms with van der Waals surface area (Å²) in [5.74, 6) is 0.797. The predicted octanol–water partition coefficient (Wildman–Crippen LogP) is 5.47. The lowest BCUT2D eigenvalue weighted by atomic mass is 9.76. The van der Waals surface area contributed by atoms with Crippen molar-refractivity contribution in [2.24, 2.45) is 0 Å². The van der Waals surface area contributed by atoms with Crippen LogP contribution in [0.1, 0.15) is 56.4 Å². The number of nitrogens with one attached hydrogen (secondary N) is 1. The fourth-order valence-electron chi connectivity index (χ4n) is 6.51. The van der Waals surface area contributed by atoms with Crippen molar-refractivity contribution in [2.75, 3.05) is 25.5 Å². The van der Waals surface area contributed by atoms with Crippen LogP contribution in [-0.2, 0) is 28.1 Å². The van der Waals surface area contributed by atoms with Crippen LogP contribution in [0, 0.1) is 6.92 Å². The van der Waals surface area contributed by atoms with E-state index in [1.807, 2.05) is 6.92 Å². The number of carbonyl (C=O) groups is 2. The van der Waals surface area contributed by atoms with Gasteiger partial charge in [-0.25, -0.2) is 4.68 Å². The second-order valence-corrected chi connectivity index (χ2v) is 12.5. The molecule has 0 radical (unpaired) electrons. The number of hydrogen-bond acceptors (Lipinski definition) is 6. The Kier molecular flexibility index (Phi) is 9.11. The average molecular weight is 614 g/mol. The van der Waals surface area contributed by atoms with E-state index in [4.69, 9.17) is 27.9 Å². The summed E-state index contributed by atoms with van der Waals surface area (Å²) in [7, 11) is 1.68. The Morgan fingerprint density at radius 1 is 1.05 bits per heavy atom. The van der Waals surface area contributed by atoms with Crippen LogP contribution in [0.5, 0.6) is 5.75 Å². The van der Waals surface area contributed by atoms with E-state index in [0.717, 1.165) is 48.3 Å². The van der Waals surface area contributed by atoms with Gasteiger partial charge in [0.25, 0.3) is 0 Å². The number of aromatic nitrogens is 3. The summed E-state index contributed by atoms with van der Waals surface area (Å²) < 4.78 is 7.12. The summed E-state index contributed by atoms with van der Waals surface area (Å²) in [6.45, 7) is 8.21. The molecule has 2 heterocycles. The minimum absolute atomic E-state index is 0.0103. The van der Waals surface area contributed by atoms with E-state index in [9.17, 15) is 9.59 Å². The van der Waals surface area contributed by atoms with E-state index in [-0.39, 0.29) is 30.4 Å². The molecule has 0 unspecified atom stereocenters. The van der Waals surface area contributed by atoms with Crippen molar-refractivity contribution in [2.45, 2.75) is 77.0 Å². The number of benzene rings is 2. The lowest BCUT2D eigenvalue weighted by Crippen LogP contribution is -2.60. The van der Waals surface area contributed by atoms with Crippen LogP contribution in [0.2, 0.25) is 10.0 Å². The van der Waals surface area contributed by atoms with Gasteiger partial charge in [-0.05, 0) is 69.0 Å². The lowest BCUT2D eigenvalue weighted by Gasteiger charge is -2.46. The van der Waals surface area contributed by atoms with Crippen molar-refractivity contribution in [1.82, 2.24) is 24.8 Å². The van der Waals surface area contributed by atoms with Crippen LogP contribution in [0.15, 0.2) is 42.6 Å². The highest BCUT2D eigenvalue weighted by Gasteiger charge is 2.47. The Morgan fingerprint density at radius 2 is 1.71 bits per heavy atom.